The highest BCUT2D eigenvalue weighted by Gasteiger charge is 2.40. The summed E-state index contributed by atoms with van der Waals surface area (Å²) in [5.74, 6) is -2.18. The van der Waals surface area contributed by atoms with Gasteiger partial charge < -0.3 is 20.5 Å². The Morgan fingerprint density at radius 2 is 1.81 bits per heavy atom. The van der Waals surface area contributed by atoms with E-state index in [2.05, 4.69) is 10.2 Å². The minimum absolute atomic E-state index is 0.0423. The number of thioether (sulfide) groups is 1. The van der Waals surface area contributed by atoms with Gasteiger partial charge in [0, 0.05) is 26.2 Å². The maximum absolute atomic E-state index is 12.7. The lowest BCUT2D eigenvalue weighted by Crippen LogP contribution is -2.32. The molecule has 1 aliphatic heterocycles. The minimum atomic E-state index is -1.34. The highest BCUT2D eigenvalue weighted by Crippen LogP contribution is 2.29. The van der Waals surface area contributed by atoms with Crippen LogP contribution in [0, 0.1) is 0 Å². The third-order valence-corrected chi connectivity index (χ3v) is 5.48. The molecular formula is C21H20N5O4S-. The summed E-state index contributed by atoms with van der Waals surface area (Å²) in [6.07, 6.45) is 1.50. The first-order chi connectivity index (χ1) is 14.8. The molecule has 9 nitrogen and oxygen atoms in total. The molecule has 2 aromatic rings. The number of amidine groups is 1. The first kappa shape index (κ1) is 22.0. The highest BCUT2D eigenvalue weighted by molar-refractivity contribution is 8.14. The Morgan fingerprint density at radius 1 is 1.16 bits per heavy atom. The van der Waals surface area contributed by atoms with Crippen molar-refractivity contribution in [3.05, 3.63) is 59.7 Å². The van der Waals surface area contributed by atoms with E-state index in [1.54, 1.807) is 6.21 Å². The number of imide groups is 1. The average molecular weight is 438 g/mol. The van der Waals surface area contributed by atoms with Gasteiger partial charge in [0.2, 0.25) is 11.8 Å². The fourth-order valence-electron chi connectivity index (χ4n) is 2.89. The van der Waals surface area contributed by atoms with Gasteiger partial charge in [-0.15, -0.1) is 5.10 Å². The number of carbonyl (C=O) groups is 3. The van der Waals surface area contributed by atoms with Gasteiger partial charge in [-0.3, -0.25) is 9.59 Å². The average Bonchev–Trinajstić information content (AvgIpc) is 3.01. The van der Waals surface area contributed by atoms with E-state index in [-0.39, 0.29) is 22.8 Å². The Balaban J connectivity index is 1.63. The van der Waals surface area contributed by atoms with Crippen molar-refractivity contribution >= 4 is 52.3 Å². The number of carbonyl (C=O) groups excluding carboxylic acids is 3. The van der Waals surface area contributed by atoms with Crippen molar-refractivity contribution < 1.29 is 19.5 Å². The molecule has 31 heavy (non-hydrogen) atoms. The quantitative estimate of drug-likeness (QED) is 0.306. The van der Waals surface area contributed by atoms with Crippen molar-refractivity contribution in [2.24, 2.45) is 15.9 Å². The molecule has 2 aromatic carbocycles. The molecule has 1 saturated heterocycles. The van der Waals surface area contributed by atoms with Crippen molar-refractivity contribution in [2.75, 3.05) is 23.9 Å². The molecule has 1 aliphatic rings. The first-order valence-corrected chi connectivity index (χ1v) is 10.1. The second-order valence-corrected chi connectivity index (χ2v) is 8.10. The zero-order valence-electron chi connectivity index (χ0n) is 16.9. The first-order valence-electron chi connectivity index (χ1n) is 9.25. The number of nitrogens with zero attached hydrogens (tertiary/aromatic N) is 4. The van der Waals surface area contributed by atoms with Crippen LogP contribution in [0.5, 0.6) is 0 Å². The van der Waals surface area contributed by atoms with E-state index in [0.717, 1.165) is 27.9 Å². The number of rotatable bonds is 6. The summed E-state index contributed by atoms with van der Waals surface area (Å²) >= 11 is 0.958. The largest absolute Gasteiger partial charge is 0.545 e. The van der Waals surface area contributed by atoms with E-state index in [4.69, 9.17) is 5.73 Å². The summed E-state index contributed by atoms with van der Waals surface area (Å²) in [7, 11) is 3.90. The van der Waals surface area contributed by atoms with Gasteiger partial charge in [0.25, 0.3) is 0 Å². The van der Waals surface area contributed by atoms with Gasteiger partial charge in [-0.05, 0) is 35.4 Å². The van der Waals surface area contributed by atoms with Crippen LogP contribution >= 0.6 is 11.8 Å². The van der Waals surface area contributed by atoms with Crippen LogP contribution in [0.4, 0.5) is 11.4 Å². The lowest BCUT2D eigenvalue weighted by molar-refractivity contribution is -0.255. The van der Waals surface area contributed by atoms with Gasteiger partial charge >= 0.3 is 0 Å². The van der Waals surface area contributed by atoms with Gasteiger partial charge in [0.1, 0.15) is 5.25 Å². The number of nitrogens with two attached hydrogens (primary N) is 1. The number of anilines is 2. The van der Waals surface area contributed by atoms with Crippen LogP contribution in [0.15, 0.2) is 58.7 Å². The van der Waals surface area contributed by atoms with E-state index in [9.17, 15) is 19.5 Å². The molecule has 0 unspecified atom stereocenters. The lowest BCUT2D eigenvalue weighted by atomic mass is 10.2. The number of carboxylic acid groups (broad SMARTS) is 1. The normalized spacial score (nSPS) is 16.9. The minimum Gasteiger partial charge on any atom is -0.545 e. The number of benzene rings is 2. The van der Waals surface area contributed by atoms with Gasteiger partial charge in [0.15, 0.2) is 5.17 Å². The van der Waals surface area contributed by atoms with E-state index in [1.165, 1.54) is 24.3 Å². The Hall–Kier alpha value is -3.66. The number of carboxylic acids is 1. The molecular weight excluding hydrogens is 418 g/mol. The molecule has 160 valence electrons. The summed E-state index contributed by atoms with van der Waals surface area (Å²) in [6.45, 7) is 0. The molecule has 0 radical (unpaired) electrons. The van der Waals surface area contributed by atoms with Crippen LogP contribution in [-0.2, 0) is 9.59 Å². The van der Waals surface area contributed by atoms with Crippen LogP contribution in [0.25, 0.3) is 0 Å². The highest BCUT2D eigenvalue weighted by atomic mass is 32.2. The number of amides is 2. The van der Waals surface area contributed by atoms with E-state index < -0.39 is 23.0 Å². The lowest BCUT2D eigenvalue weighted by Gasteiger charge is -2.15. The second-order valence-electron chi connectivity index (χ2n) is 6.88. The molecule has 0 bridgehead atoms. The molecule has 10 heteroatoms. The van der Waals surface area contributed by atoms with E-state index in [0.29, 0.717) is 0 Å². The molecule has 2 N–H and O–H groups in total. The van der Waals surface area contributed by atoms with Crippen molar-refractivity contribution in [3.8, 4) is 0 Å². The molecule has 0 saturated carbocycles. The van der Waals surface area contributed by atoms with Crippen molar-refractivity contribution in [1.29, 1.82) is 0 Å². The molecule has 3 rings (SSSR count). The van der Waals surface area contributed by atoms with Crippen LogP contribution in [0.1, 0.15) is 22.3 Å². The van der Waals surface area contributed by atoms with Gasteiger partial charge in [-0.1, -0.05) is 36.0 Å². The zero-order valence-corrected chi connectivity index (χ0v) is 17.7. The fraction of sp³-hybridized carbons (Fsp3) is 0.190. The predicted octanol–water partition coefficient (Wildman–Crippen LogP) is 0.830. The Kier molecular flexibility index (Phi) is 6.71. The van der Waals surface area contributed by atoms with Crippen LogP contribution < -0.4 is 20.6 Å². The Bertz CT molecular complexity index is 1050. The predicted molar refractivity (Wildman–Crippen MR) is 119 cm³/mol. The van der Waals surface area contributed by atoms with Gasteiger partial charge in [-0.25, -0.2) is 4.90 Å². The molecule has 2 amide bonds. The maximum Gasteiger partial charge on any atom is 0.247 e. The van der Waals surface area contributed by atoms with Crippen molar-refractivity contribution in [3.63, 3.8) is 0 Å². The molecule has 0 aromatic heterocycles. The standard InChI is InChI=1S/C21H21N5O4S/c1-25(2)15-7-3-13(4-8-15)12-23-24-21(22)31-17-11-18(27)26(19(17)28)16-9-5-14(6-10-16)20(29)30/h3-10,12,17H,11H2,1-2H3,(H2,22,24)(H,29,30)/p-1/b23-12-/t17-/m1/s1. The maximum atomic E-state index is 12.7. The smallest absolute Gasteiger partial charge is 0.247 e. The Morgan fingerprint density at radius 3 is 2.39 bits per heavy atom. The van der Waals surface area contributed by atoms with Crippen molar-refractivity contribution in [1.82, 2.24) is 0 Å². The van der Waals surface area contributed by atoms with Crippen LogP contribution in [0.3, 0.4) is 0 Å². The molecule has 0 spiro atoms. The van der Waals surface area contributed by atoms with Gasteiger partial charge in [0.05, 0.1) is 17.9 Å². The molecule has 1 atom stereocenters. The number of hydrogen-bond acceptors (Lipinski definition) is 8. The number of aromatic carboxylic acids is 1. The Labute approximate surface area is 183 Å². The molecule has 1 fully saturated rings. The van der Waals surface area contributed by atoms with Gasteiger partial charge in [-0.2, -0.15) is 5.10 Å². The summed E-state index contributed by atoms with van der Waals surface area (Å²) in [5, 5.41) is 18.0. The van der Waals surface area contributed by atoms with E-state index in [1.807, 2.05) is 43.3 Å². The van der Waals surface area contributed by atoms with Crippen LogP contribution in [0.2, 0.25) is 0 Å². The van der Waals surface area contributed by atoms with E-state index >= 15 is 0 Å². The third kappa shape index (κ3) is 5.28. The topological polar surface area (TPSA) is 131 Å². The SMILES string of the molecule is CN(C)c1ccc(/C=N\N=C(N)S[C@@H]2CC(=O)N(c3ccc(C(=O)[O-])cc3)C2=O)cc1. The summed E-state index contributed by atoms with van der Waals surface area (Å²) < 4.78 is 0. The summed E-state index contributed by atoms with van der Waals surface area (Å²) in [4.78, 5) is 38.8. The zero-order chi connectivity index (χ0) is 22.5. The molecule has 1 heterocycles. The third-order valence-electron chi connectivity index (χ3n) is 4.50. The summed E-state index contributed by atoms with van der Waals surface area (Å²) in [6, 6.07) is 13.0. The van der Waals surface area contributed by atoms with Crippen LogP contribution in [-0.4, -0.2) is 48.5 Å². The molecule has 0 aliphatic carbocycles. The monoisotopic (exact) mass is 438 g/mol. The second kappa shape index (κ2) is 9.43. The summed E-state index contributed by atoms with van der Waals surface area (Å²) in [5.41, 5.74) is 8.01. The fourth-order valence-corrected chi connectivity index (χ4v) is 3.71. The number of hydrogen-bond donors (Lipinski definition) is 1. The van der Waals surface area contributed by atoms with Crippen molar-refractivity contribution in [2.45, 2.75) is 11.7 Å².